The van der Waals surface area contributed by atoms with Gasteiger partial charge >= 0.3 is 0 Å². The summed E-state index contributed by atoms with van der Waals surface area (Å²) in [4.78, 5) is 0. The minimum absolute atomic E-state index is 0.619. The molecule has 0 bridgehead atoms. The van der Waals surface area contributed by atoms with Gasteiger partial charge in [0.05, 0.1) is 6.61 Å². The normalized spacial score (nSPS) is 9.86. The van der Waals surface area contributed by atoms with E-state index in [1.807, 2.05) is 31.2 Å². The van der Waals surface area contributed by atoms with Crippen LogP contribution in [0.5, 0.6) is 5.75 Å². The summed E-state index contributed by atoms with van der Waals surface area (Å²) in [6, 6.07) is 6.07. The lowest BCUT2D eigenvalue weighted by Crippen LogP contribution is -1.97. The van der Waals surface area contributed by atoms with Crippen molar-refractivity contribution in [3.8, 4) is 5.75 Å². The monoisotopic (exact) mass is 210 g/mol. The molecule has 0 amide bonds. The molecule has 1 aromatic rings. The largest absolute Gasteiger partial charge is 0.494 e. The Morgan fingerprint density at radius 1 is 1.50 bits per heavy atom. The van der Waals surface area contributed by atoms with E-state index in [1.54, 1.807) is 0 Å². The number of rotatable bonds is 5. The number of ether oxygens (including phenoxy) is 1. The number of aryl methyl sites for hydroxylation is 1. The number of alkyl halides is 1. The molecule has 0 aliphatic heterocycles. The molecule has 0 aliphatic carbocycles. The Morgan fingerprint density at radius 2 is 2.29 bits per heavy atom. The Kier molecular flexibility index (Phi) is 4.54. The van der Waals surface area contributed by atoms with Crippen molar-refractivity contribution in [2.24, 2.45) is 0 Å². The second-order valence-corrected chi connectivity index (χ2v) is 3.32. The number of halogens is 1. The number of hydrogen-bond donors (Lipinski definition) is 0. The number of benzene rings is 1. The van der Waals surface area contributed by atoms with E-state index in [0.29, 0.717) is 12.5 Å². The van der Waals surface area contributed by atoms with E-state index >= 15 is 0 Å². The van der Waals surface area contributed by atoms with E-state index in [1.165, 1.54) is 0 Å². The summed E-state index contributed by atoms with van der Waals surface area (Å²) in [5.41, 5.74) is 2.24. The Hall–Kier alpha value is -0.950. The van der Waals surface area contributed by atoms with Crippen LogP contribution in [0.4, 0.5) is 0 Å². The molecule has 0 radical (unpaired) electrons. The van der Waals surface area contributed by atoms with Gasteiger partial charge in [0.15, 0.2) is 0 Å². The predicted molar refractivity (Wildman–Crippen MR) is 62.1 cm³/mol. The molecule has 0 heterocycles. The van der Waals surface area contributed by atoms with Crippen LogP contribution in [0.15, 0.2) is 24.8 Å². The zero-order valence-electron chi connectivity index (χ0n) is 8.42. The van der Waals surface area contributed by atoms with Crippen LogP contribution in [0.3, 0.4) is 0 Å². The van der Waals surface area contributed by atoms with Crippen molar-refractivity contribution in [3.63, 3.8) is 0 Å². The van der Waals surface area contributed by atoms with Gasteiger partial charge < -0.3 is 4.74 Å². The number of hydrogen-bond acceptors (Lipinski definition) is 1. The maximum Gasteiger partial charge on any atom is 0.123 e. The summed E-state index contributed by atoms with van der Waals surface area (Å²) >= 11 is 5.71. The fraction of sp³-hybridized carbons (Fsp3) is 0.333. The van der Waals surface area contributed by atoms with Crippen LogP contribution in [0.25, 0.3) is 6.08 Å². The zero-order chi connectivity index (χ0) is 10.4. The summed E-state index contributed by atoms with van der Waals surface area (Å²) in [6.07, 6.45) is 2.65. The lowest BCUT2D eigenvalue weighted by atomic mass is 10.1. The summed E-state index contributed by atoms with van der Waals surface area (Å²) in [6.45, 7) is 6.38. The Morgan fingerprint density at radius 3 is 2.86 bits per heavy atom. The van der Waals surface area contributed by atoms with Gasteiger partial charge in [0.1, 0.15) is 5.75 Å². The minimum Gasteiger partial charge on any atom is -0.494 e. The summed E-state index contributed by atoms with van der Waals surface area (Å²) in [5.74, 6) is 1.54. The van der Waals surface area contributed by atoms with Crippen LogP contribution in [0.1, 0.15) is 18.1 Å². The van der Waals surface area contributed by atoms with Crippen molar-refractivity contribution in [1.29, 1.82) is 0 Å². The highest BCUT2D eigenvalue weighted by atomic mass is 35.5. The summed E-state index contributed by atoms with van der Waals surface area (Å²) < 4.78 is 5.53. The van der Waals surface area contributed by atoms with Crippen molar-refractivity contribution in [1.82, 2.24) is 0 Å². The maximum absolute atomic E-state index is 5.71. The van der Waals surface area contributed by atoms with Crippen LogP contribution in [0.2, 0.25) is 0 Å². The molecule has 0 spiro atoms. The Balaban J connectivity index is 2.96. The highest BCUT2D eigenvalue weighted by Gasteiger charge is 2.02. The minimum atomic E-state index is 0.619. The van der Waals surface area contributed by atoms with Gasteiger partial charge in [-0.2, -0.15) is 0 Å². The molecule has 1 nitrogen and oxygen atoms in total. The molecule has 0 N–H and O–H groups in total. The summed E-state index contributed by atoms with van der Waals surface area (Å²) in [5, 5.41) is 0. The summed E-state index contributed by atoms with van der Waals surface area (Å²) in [7, 11) is 0. The van der Waals surface area contributed by atoms with Crippen LogP contribution < -0.4 is 4.74 Å². The van der Waals surface area contributed by atoms with E-state index in [9.17, 15) is 0 Å². The van der Waals surface area contributed by atoms with Gasteiger partial charge in [-0.15, -0.1) is 11.6 Å². The Bertz CT molecular complexity index is 307. The molecular formula is C12H15ClO. The van der Waals surface area contributed by atoms with E-state index in [0.717, 1.165) is 23.3 Å². The maximum atomic E-state index is 5.71. The first-order valence-corrected chi connectivity index (χ1v) is 5.29. The molecule has 76 valence electrons. The van der Waals surface area contributed by atoms with Crippen LogP contribution in [-0.2, 0) is 6.42 Å². The second kappa shape index (κ2) is 5.71. The molecule has 0 saturated heterocycles. The fourth-order valence-corrected chi connectivity index (χ4v) is 1.50. The van der Waals surface area contributed by atoms with E-state index in [4.69, 9.17) is 16.3 Å². The van der Waals surface area contributed by atoms with E-state index < -0.39 is 0 Å². The van der Waals surface area contributed by atoms with Gasteiger partial charge in [-0.1, -0.05) is 24.8 Å². The third-order valence-electron chi connectivity index (χ3n) is 1.99. The van der Waals surface area contributed by atoms with Gasteiger partial charge in [0, 0.05) is 5.88 Å². The quantitative estimate of drug-likeness (QED) is 0.676. The molecule has 0 aliphatic rings. The molecule has 2 heteroatoms. The molecule has 0 fully saturated rings. The van der Waals surface area contributed by atoms with Gasteiger partial charge in [-0.3, -0.25) is 0 Å². The van der Waals surface area contributed by atoms with Crippen molar-refractivity contribution >= 4 is 17.7 Å². The average Bonchev–Trinajstić information content (AvgIpc) is 2.21. The third kappa shape index (κ3) is 2.78. The van der Waals surface area contributed by atoms with E-state index in [2.05, 4.69) is 6.58 Å². The van der Waals surface area contributed by atoms with Crippen LogP contribution in [0, 0.1) is 0 Å². The molecule has 0 aromatic heterocycles. The van der Waals surface area contributed by atoms with Gasteiger partial charge in [-0.05, 0) is 30.5 Å². The van der Waals surface area contributed by atoms with Gasteiger partial charge in [-0.25, -0.2) is 0 Å². The Labute approximate surface area is 90.3 Å². The molecule has 0 saturated carbocycles. The molecule has 1 rings (SSSR count). The SMILES string of the molecule is C=Cc1ccc(CCCl)c(OCC)c1. The average molecular weight is 211 g/mol. The van der Waals surface area contributed by atoms with Crippen LogP contribution >= 0.6 is 11.6 Å². The van der Waals surface area contributed by atoms with Crippen molar-refractivity contribution in [3.05, 3.63) is 35.9 Å². The lowest BCUT2D eigenvalue weighted by molar-refractivity contribution is 0.337. The predicted octanol–water partition coefficient (Wildman–Crippen LogP) is 3.51. The lowest BCUT2D eigenvalue weighted by Gasteiger charge is -2.09. The van der Waals surface area contributed by atoms with Crippen molar-refractivity contribution < 1.29 is 4.74 Å². The van der Waals surface area contributed by atoms with Gasteiger partial charge in [0.25, 0.3) is 0 Å². The fourth-order valence-electron chi connectivity index (χ4n) is 1.30. The second-order valence-electron chi connectivity index (χ2n) is 2.94. The first kappa shape index (κ1) is 11.1. The van der Waals surface area contributed by atoms with Crippen molar-refractivity contribution in [2.45, 2.75) is 13.3 Å². The highest BCUT2D eigenvalue weighted by molar-refractivity contribution is 6.18. The molecule has 1 aromatic carbocycles. The molecule has 0 atom stereocenters. The van der Waals surface area contributed by atoms with E-state index in [-0.39, 0.29) is 0 Å². The van der Waals surface area contributed by atoms with Gasteiger partial charge in [0.2, 0.25) is 0 Å². The zero-order valence-corrected chi connectivity index (χ0v) is 9.18. The van der Waals surface area contributed by atoms with Crippen LogP contribution in [-0.4, -0.2) is 12.5 Å². The van der Waals surface area contributed by atoms with Crippen molar-refractivity contribution in [2.75, 3.05) is 12.5 Å². The molecule has 0 unspecified atom stereocenters. The standard InChI is InChI=1S/C12H15ClO/c1-3-10-5-6-11(7-8-13)12(9-10)14-4-2/h3,5-6,9H,1,4,7-8H2,2H3. The molecular weight excluding hydrogens is 196 g/mol. The first-order chi connectivity index (χ1) is 6.81. The smallest absolute Gasteiger partial charge is 0.123 e. The molecule has 14 heavy (non-hydrogen) atoms. The topological polar surface area (TPSA) is 9.23 Å². The highest BCUT2D eigenvalue weighted by Crippen LogP contribution is 2.22. The first-order valence-electron chi connectivity index (χ1n) is 4.76. The third-order valence-corrected chi connectivity index (χ3v) is 2.18.